The molecule has 2 bridgehead atoms. The molecule has 5 heteroatoms. The van der Waals surface area contributed by atoms with Gasteiger partial charge in [-0.3, -0.25) is 4.99 Å². The number of halogens is 2. The Kier molecular flexibility index (Phi) is 8.36. The van der Waals surface area contributed by atoms with Gasteiger partial charge >= 0.3 is 137 Å². The summed E-state index contributed by atoms with van der Waals surface area (Å²) in [6, 6.07) is 15.9. The molecule has 2 aromatic rings. The zero-order valence-corrected chi connectivity index (χ0v) is 25.4. The van der Waals surface area contributed by atoms with Crippen LogP contribution in [0.1, 0.15) is 47.5 Å². The maximum absolute atomic E-state index is 4.42. The van der Waals surface area contributed by atoms with E-state index in [-0.39, 0.29) is 24.8 Å². The van der Waals surface area contributed by atoms with Gasteiger partial charge in [0.15, 0.2) is 0 Å². The van der Waals surface area contributed by atoms with Gasteiger partial charge in [-0.1, -0.05) is 13.1 Å². The van der Waals surface area contributed by atoms with E-state index < -0.39 is 8.07 Å². The number of allylic oxidation sites excluding steroid dienone is 5. The summed E-state index contributed by atoms with van der Waals surface area (Å²) in [7, 11) is -1.13. The molecule has 5 aliphatic rings. The molecule has 0 saturated heterocycles. The van der Waals surface area contributed by atoms with Crippen molar-refractivity contribution in [3.8, 4) is 11.1 Å². The smallest absolute Gasteiger partial charge is 1.00 e. The van der Waals surface area contributed by atoms with Crippen molar-refractivity contribution in [3.63, 3.8) is 0 Å². The summed E-state index contributed by atoms with van der Waals surface area (Å²) in [5.74, 6) is 0. The van der Waals surface area contributed by atoms with Crippen molar-refractivity contribution in [3.05, 3.63) is 98.0 Å². The van der Waals surface area contributed by atoms with Crippen molar-refractivity contribution in [2.75, 3.05) is 0 Å². The van der Waals surface area contributed by atoms with E-state index >= 15 is 0 Å². The first kappa shape index (κ1) is 27.3. The monoisotopic (exact) mass is 580 g/mol. The minimum atomic E-state index is -1.13. The third kappa shape index (κ3) is 4.28. The van der Waals surface area contributed by atoms with Gasteiger partial charge in [0.25, 0.3) is 0 Å². The summed E-state index contributed by atoms with van der Waals surface area (Å²) in [5, 5.41) is 3.27. The standard InChI is InChI=1S/C19H19.C10H11NSi.2ClH.Zr/c1-3-5-15-8-10-16(11-9-15)18-7-4-6-17-12-14(2)13-19(17)18;1-6-9-7-4-5-11-8(7)10(6)12(9,2)3;;;/h4,6-13H,3,5H2,1-2H3;4-5H,1-3H3;2*1H;/q;;;;+2/p-2. The average Bonchev–Trinajstić information content (AvgIpc) is 3.46. The van der Waals surface area contributed by atoms with Crippen LogP contribution in [-0.4, -0.2) is 14.3 Å². The Bertz CT molecular complexity index is 1280. The number of rotatable bonds is 3. The number of hydrogen-bond acceptors (Lipinski definition) is 1. The molecule has 0 aromatic heterocycles. The van der Waals surface area contributed by atoms with Crippen LogP contribution >= 0.6 is 0 Å². The van der Waals surface area contributed by atoms with Gasteiger partial charge in [0.1, 0.15) is 8.07 Å². The van der Waals surface area contributed by atoms with E-state index in [0.29, 0.717) is 3.63 Å². The van der Waals surface area contributed by atoms with Crippen molar-refractivity contribution < 1.29 is 49.5 Å². The van der Waals surface area contributed by atoms with Gasteiger partial charge in [0.05, 0.1) is 5.70 Å². The molecule has 2 aromatic carbocycles. The van der Waals surface area contributed by atoms with Crippen LogP contribution in [0.2, 0.25) is 13.1 Å². The Morgan fingerprint density at radius 2 is 1.68 bits per heavy atom. The van der Waals surface area contributed by atoms with Crippen LogP contribution in [0.4, 0.5) is 0 Å². The summed E-state index contributed by atoms with van der Waals surface area (Å²) in [5.41, 5.74) is 12.9. The van der Waals surface area contributed by atoms with Crippen molar-refractivity contribution >= 4 is 20.4 Å². The maximum atomic E-state index is 4.42. The Hall–Kier alpha value is -1.25. The molecule has 34 heavy (non-hydrogen) atoms. The van der Waals surface area contributed by atoms with E-state index in [1.165, 1.54) is 63.1 Å². The minimum Gasteiger partial charge on any atom is -1.00 e. The molecule has 3 heterocycles. The second kappa shape index (κ2) is 10.4. The van der Waals surface area contributed by atoms with Gasteiger partial charge in [-0.2, -0.15) is 0 Å². The molecule has 0 radical (unpaired) electrons. The second-order valence-corrected chi connectivity index (χ2v) is 15.5. The van der Waals surface area contributed by atoms with Gasteiger partial charge < -0.3 is 24.8 Å². The van der Waals surface area contributed by atoms with Crippen molar-refractivity contribution in [2.45, 2.75) is 50.3 Å². The number of aryl methyl sites for hydroxylation is 1. The van der Waals surface area contributed by atoms with Crippen LogP contribution in [-0.2, 0) is 31.1 Å². The molecule has 2 aliphatic carbocycles. The van der Waals surface area contributed by atoms with E-state index in [0.717, 1.165) is 0 Å². The van der Waals surface area contributed by atoms with Crippen LogP contribution < -0.4 is 24.8 Å². The maximum Gasteiger partial charge on any atom is -1.00 e. The zero-order chi connectivity index (χ0) is 22.6. The number of benzene rings is 2. The van der Waals surface area contributed by atoms with E-state index in [2.05, 4.69) is 93.5 Å². The molecule has 1 unspecified atom stereocenters. The fourth-order valence-corrected chi connectivity index (χ4v) is 10.5. The molecule has 3 aliphatic heterocycles. The molecule has 7 rings (SSSR count). The van der Waals surface area contributed by atoms with E-state index in [4.69, 9.17) is 0 Å². The summed E-state index contributed by atoms with van der Waals surface area (Å²) in [6.07, 6.45) is 8.86. The fourth-order valence-electron chi connectivity index (χ4n) is 5.82. The first-order valence-corrected chi connectivity index (χ1v) is 16.1. The predicted octanol–water partition coefficient (Wildman–Crippen LogP) is 1.70. The normalized spacial score (nSPS) is 19.8. The van der Waals surface area contributed by atoms with Crippen LogP contribution in [0.3, 0.4) is 0 Å². The van der Waals surface area contributed by atoms with Gasteiger partial charge in [-0.15, -0.1) is 0 Å². The molecule has 173 valence electrons. The summed E-state index contributed by atoms with van der Waals surface area (Å²) in [4.78, 5) is 4.42. The molecular formula is C29H30Cl2NSiZr. The van der Waals surface area contributed by atoms with Crippen molar-refractivity contribution in [1.82, 2.24) is 0 Å². The zero-order valence-electron chi connectivity index (χ0n) is 20.5. The van der Waals surface area contributed by atoms with Crippen LogP contribution in [0, 0.1) is 0 Å². The average molecular weight is 583 g/mol. The van der Waals surface area contributed by atoms with E-state index in [1.807, 2.05) is 6.21 Å². The summed E-state index contributed by atoms with van der Waals surface area (Å²) >= 11 is 1.59. The van der Waals surface area contributed by atoms with Gasteiger partial charge in [-0.25, -0.2) is 0 Å². The quantitative estimate of drug-likeness (QED) is 0.489. The Labute approximate surface area is 232 Å². The molecule has 0 spiro atoms. The van der Waals surface area contributed by atoms with Gasteiger partial charge in [0, 0.05) is 11.8 Å². The Balaban J connectivity index is 0.000000199. The van der Waals surface area contributed by atoms with Crippen LogP contribution in [0.5, 0.6) is 0 Å². The Morgan fingerprint density at radius 3 is 2.29 bits per heavy atom. The number of fused-ring (bicyclic) bond motifs is 1. The first-order chi connectivity index (χ1) is 15.3. The van der Waals surface area contributed by atoms with Crippen molar-refractivity contribution in [1.29, 1.82) is 0 Å². The van der Waals surface area contributed by atoms with Crippen molar-refractivity contribution in [2.24, 2.45) is 4.99 Å². The number of nitrogens with zero attached hydrogens (tertiary/aromatic N) is 1. The Morgan fingerprint density at radius 1 is 0.971 bits per heavy atom. The molecule has 0 saturated carbocycles. The first-order valence-electron chi connectivity index (χ1n) is 11.7. The fraction of sp³-hybridized carbons (Fsp3) is 0.276. The number of aliphatic imine (C=N–C) groups is 1. The summed E-state index contributed by atoms with van der Waals surface area (Å²) in [6.45, 7) is 11.6. The molecule has 0 amide bonds. The van der Waals surface area contributed by atoms with E-state index in [9.17, 15) is 0 Å². The number of hydrogen-bond donors (Lipinski definition) is 0. The third-order valence-electron chi connectivity index (χ3n) is 7.29. The van der Waals surface area contributed by atoms with Crippen LogP contribution in [0.15, 0.2) is 86.3 Å². The SMILES string of the molecule is CC1=C2C3=CC=NC3=C1[Si]2(C)C.CCCc1ccc(-c2cccc3c2C=C(C)[CH]3[Zr+2])cc1.[Cl-].[Cl-]. The van der Waals surface area contributed by atoms with Gasteiger partial charge in [-0.05, 0) is 29.0 Å². The predicted molar refractivity (Wildman–Crippen MR) is 136 cm³/mol. The van der Waals surface area contributed by atoms with Crippen LogP contribution in [0.25, 0.3) is 17.2 Å². The molecular weight excluding hydrogens is 553 g/mol. The molecule has 1 atom stereocenters. The van der Waals surface area contributed by atoms with Gasteiger partial charge in [0.2, 0.25) is 0 Å². The molecule has 1 nitrogen and oxygen atoms in total. The molecule has 0 fully saturated rings. The third-order valence-corrected chi connectivity index (χ3v) is 12.9. The minimum absolute atomic E-state index is 0. The summed E-state index contributed by atoms with van der Waals surface area (Å²) < 4.78 is 0.650. The largest absolute Gasteiger partial charge is 1.00 e. The topological polar surface area (TPSA) is 12.4 Å². The molecule has 0 N–H and O–H groups in total. The van der Waals surface area contributed by atoms with E-state index in [1.54, 1.807) is 35.1 Å². The second-order valence-electron chi connectivity index (χ2n) is 9.78.